The smallest absolute Gasteiger partial charge is 0.310 e. The molecule has 0 aliphatic carbocycles. The number of aromatic nitrogens is 1. The molecular weight excluding hydrogens is 362 g/mol. The highest BCUT2D eigenvalue weighted by Crippen LogP contribution is 2.21. The Kier molecular flexibility index (Phi) is 6.24. The molecular formula is C20H23N3O3S. The first-order valence-electron chi connectivity index (χ1n) is 8.85. The van der Waals surface area contributed by atoms with Crippen LogP contribution in [0.1, 0.15) is 22.4 Å². The Morgan fingerprint density at radius 3 is 2.56 bits per heavy atom. The van der Waals surface area contributed by atoms with Gasteiger partial charge in [0, 0.05) is 42.9 Å². The number of ether oxygens (including phenoxy) is 1. The summed E-state index contributed by atoms with van der Waals surface area (Å²) in [4.78, 5) is 33.4. The summed E-state index contributed by atoms with van der Waals surface area (Å²) in [7, 11) is 1.40. The number of nitrogens with zero attached hydrogens (tertiary/aromatic N) is 3. The number of pyridine rings is 1. The van der Waals surface area contributed by atoms with E-state index in [0.29, 0.717) is 6.42 Å². The van der Waals surface area contributed by atoms with Crippen molar-refractivity contribution in [2.75, 3.05) is 38.2 Å². The molecule has 7 heteroatoms. The zero-order valence-electron chi connectivity index (χ0n) is 15.6. The number of carbonyl (C=O) groups is 2. The SMILES string of the molecule is COC(=O)Cc1ccc(C=Cc2ccc(N3CCN(C(C)=O)CC3)cn2)s1. The molecule has 0 aromatic carbocycles. The van der Waals surface area contributed by atoms with Crippen LogP contribution in [-0.2, 0) is 20.7 Å². The van der Waals surface area contributed by atoms with Gasteiger partial charge in [-0.2, -0.15) is 0 Å². The van der Waals surface area contributed by atoms with Crippen molar-refractivity contribution in [3.05, 3.63) is 45.9 Å². The highest BCUT2D eigenvalue weighted by Gasteiger charge is 2.18. The molecule has 3 rings (SSSR count). The molecule has 142 valence electrons. The molecule has 1 aliphatic heterocycles. The van der Waals surface area contributed by atoms with Gasteiger partial charge in [0.25, 0.3) is 0 Å². The number of rotatable bonds is 5. The molecule has 1 amide bonds. The second-order valence-electron chi connectivity index (χ2n) is 6.32. The summed E-state index contributed by atoms with van der Waals surface area (Å²) in [5.74, 6) is -0.0923. The normalized spacial score (nSPS) is 14.6. The van der Waals surface area contributed by atoms with E-state index in [-0.39, 0.29) is 11.9 Å². The molecule has 2 aromatic rings. The van der Waals surface area contributed by atoms with Gasteiger partial charge >= 0.3 is 5.97 Å². The van der Waals surface area contributed by atoms with Gasteiger partial charge < -0.3 is 14.5 Å². The number of anilines is 1. The summed E-state index contributed by atoms with van der Waals surface area (Å²) in [6, 6.07) is 7.99. The van der Waals surface area contributed by atoms with E-state index in [1.165, 1.54) is 7.11 Å². The third-order valence-corrected chi connectivity index (χ3v) is 5.56. The van der Waals surface area contributed by atoms with E-state index < -0.39 is 0 Å². The van der Waals surface area contributed by atoms with Crippen LogP contribution in [0.5, 0.6) is 0 Å². The number of amides is 1. The van der Waals surface area contributed by atoms with Crippen LogP contribution in [0.2, 0.25) is 0 Å². The van der Waals surface area contributed by atoms with Gasteiger partial charge in [-0.25, -0.2) is 0 Å². The molecule has 1 aliphatic rings. The highest BCUT2D eigenvalue weighted by atomic mass is 32.1. The number of hydrogen-bond donors (Lipinski definition) is 0. The van der Waals surface area contributed by atoms with Crippen molar-refractivity contribution in [3.63, 3.8) is 0 Å². The largest absolute Gasteiger partial charge is 0.469 e. The van der Waals surface area contributed by atoms with E-state index in [0.717, 1.165) is 47.3 Å². The van der Waals surface area contributed by atoms with Crippen LogP contribution in [0.3, 0.4) is 0 Å². The first-order chi connectivity index (χ1) is 13.0. The minimum atomic E-state index is -0.228. The average Bonchev–Trinajstić information content (AvgIpc) is 3.14. The van der Waals surface area contributed by atoms with Gasteiger partial charge in [0.2, 0.25) is 5.91 Å². The lowest BCUT2D eigenvalue weighted by Crippen LogP contribution is -2.48. The quantitative estimate of drug-likeness (QED) is 0.741. The maximum Gasteiger partial charge on any atom is 0.310 e. The fourth-order valence-electron chi connectivity index (χ4n) is 2.92. The van der Waals surface area contributed by atoms with Crippen LogP contribution in [0.15, 0.2) is 30.5 Å². The summed E-state index contributed by atoms with van der Waals surface area (Å²) < 4.78 is 4.69. The monoisotopic (exact) mass is 385 g/mol. The van der Waals surface area contributed by atoms with E-state index in [4.69, 9.17) is 0 Å². The molecule has 0 unspecified atom stereocenters. The fraction of sp³-hybridized carbons (Fsp3) is 0.350. The molecule has 0 atom stereocenters. The molecule has 0 bridgehead atoms. The van der Waals surface area contributed by atoms with Crippen molar-refractivity contribution in [1.82, 2.24) is 9.88 Å². The molecule has 6 nitrogen and oxygen atoms in total. The first-order valence-corrected chi connectivity index (χ1v) is 9.67. The van der Waals surface area contributed by atoms with Crippen LogP contribution in [0, 0.1) is 0 Å². The number of hydrogen-bond acceptors (Lipinski definition) is 6. The third kappa shape index (κ3) is 5.17. The van der Waals surface area contributed by atoms with Gasteiger partial charge in [0.1, 0.15) is 0 Å². The number of carbonyl (C=O) groups excluding carboxylic acids is 2. The third-order valence-electron chi connectivity index (χ3n) is 4.51. The Labute approximate surface area is 163 Å². The molecule has 1 saturated heterocycles. The number of methoxy groups -OCH3 is 1. The second kappa shape index (κ2) is 8.81. The molecule has 0 N–H and O–H groups in total. The Balaban J connectivity index is 1.57. The highest BCUT2D eigenvalue weighted by molar-refractivity contribution is 7.13. The van der Waals surface area contributed by atoms with Crippen LogP contribution in [0.25, 0.3) is 12.2 Å². The predicted molar refractivity (Wildman–Crippen MR) is 108 cm³/mol. The van der Waals surface area contributed by atoms with E-state index in [1.54, 1.807) is 18.3 Å². The Bertz CT molecular complexity index is 821. The van der Waals surface area contributed by atoms with Gasteiger partial charge in [-0.15, -0.1) is 11.3 Å². The van der Waals surface area contributed by atoms with Crippen molar-refractivity contribution in [1.29, 1.82) is 0 Å². The average molecular weight is 385 g/mol. The van der Waals surface area contributed by atoms with Crippen molar-refractivity contribution in [2.45, 2.75) is 13.3 Å². The van der Waals surface area contributed by atoms with Crippen LogP contribution in [0.4, 0.5) is 5.69 Å². The summed E-state index contributed by atoms with van der Waals surface area (Å²) in [6.45, 7) is 4.78. The molecule has 0 saturated carbocycles. The summed E-state index contributed by atoms with van der Waals surface area (Å²) in [5, 5.41) is 0. The van der Waals surface area contributed by atoms with Gasteiger partial charge in [0.15, 0.2) is 0 Å². The first kappa shape index (κ1) is 19.1. The van der Waals surface area contributed by atoms with Crippen molar-refractivity contribution < 1.29 is 14.3 Å². The van der Waals surface area contributed by atoms with E-state index in [1.807, 2.05) is 41.4 Å². The standard InChI is InChI=1S/C20H23N3O3S/c1-15(24)22-9-11-23(12-10-22)17-5-3-16(21-14-17)4-6-18-7-8-19(27-18)13-20(25)26-2/h3-8,14H,9-13H2,1-2H3. The van der Waals surface area contributed by atoms with Gasteiger partial charge in [-0.3, -0.25) is 14.6 Å². The predicted octanol–water partition coefficient (Wildman–Crippen LogP) is 2.70. The molecule has 27 heavy (non-hydrogen) atoms. The number of piperazine rings is 1. The van der Waals surface area contributed by atoms with Gasteiger partial charge in [-0.05, 0) is 36.4 Å². The van der Waals surface area contributed by atoms with Crippen LogP contribution < -0.4 is 4.90 Å². The number of thiophene rings is 1. The maximum absolute atomic E-state index is 11.4. The molecule has 0 radical (unpaired) electrons. The van der Waals surface area contributed by atoms with Crippen molar-refractivity contribution in [2.24, 2.45) is 0 Å². The molecule has 0 spiro atoms. The van der Waals surface area contributed by atoms with E-state index in [2.05, 4.69) is 20.7 Å². The lowest BCUT2D eigenvalue weighted by molar-refractivity contribution is -0.139. The van der Waals surface area contributed by atoms with Crippen molar-refractivity contribution in [3.8, 4) is 0 Å². The zero-order valence-corrected chi connectivity index (χ0v) is 16.4. The molecule has 1 fully saturated rings. The van der Waals surface area contributed by atoms with Crippen LogP contribution in [-0.4, -0.2) is 55.0 Å². The minimum absolute atomic E-state index is 0.136. The zero-order chi connectivity index (χ0) is 19.2. The second-order valence-corrected chi connectivity index (χ2v) is 7.52. The Morgan fingerprint density at radius 2 is 1.93 bits per heavy atom. The molecule has 3 heterocycles. The minimum Gasteiger partial charge on any atom is -0.469 e. The van der Waals surface area contributed by atoms with E-state index in [9.17, 15) is 9.59 Å². The van der Waals surface area contributed by atoms with Gasteiger partial charge in [-0.1, -0.05) is 0 Å². The van der Waals surface area contributed by atoms with E-state index >= 15 is 0 Å². The lowest BCUT2D eigenvalue weighted by Gasteiger charge is -2.35. The lowest BCUT2D eigenvalue weighted by atomic mass is 10.2. The topological polar surface area (TPSA) is 62.7 Å². The summed E-state index contributed by atoms with van der Waals surface area (Å²) in [5.41, 5.74) is 1.95. The van der Waals surface area contributed by atoms with Gasteiger partial charge in [0.05, 0.1) is 31.1 Å². The molecule has 2 aromatic heterocycles. The summed E-state index contributed by atoms with van der Waals surface area (Å²) >= 11 is 1.57. The maximum atomic E-state index is 11.4. The van der Waals surface area contributed by atoms with Crippen molar-refractivity contribution >= 4 is 41.1 Å². The summed E-state index contributed by atoms with van der Waals surface area (Å²) in [6.07, 6.45) is 6.14. The van der Waals surface area contributed by atoms with Crippen LogP contribution >= 0.6 is 11.3 Å². The Hall–Kier alpha value is -2.67. The number of esters is 1. The fourth-order valence-corrected chi connectivity index (χ4v) is 3.82. The Morgan fingerprint density at radius 1 is 1.15 bits per heavy atom.